The van der Waals surface area contributed by atoms with Crippen LogP contribution in [0.5, 0.6) is 0 Å². The molecule has 3 aromatic rings. The zero-order chi connectivity index (χ0) is 21.5. The van der Waals surface area contributed by atoms with Crippen molar-refractivity contribution in [3.63, 3.8) is 0 Å². The molecule has 0 atom stereocenters. The standard InChI is InChI=1S/C13H15.C9H13.C3H6.2ClH.Hf/c1-13(2,3)12-9-8-10-6-4-5-7-11(10)12;1-9(2,3)8-6-4-5-7-8;1-3-2;;;/h4-9H,1-3H3;4-7H,1-3H3;1-2H3;2*1H;/q2*-1;;;;+2/p-2. The van der Waals surface area contributed by atoms with Crippen molar-refractivity contribution in [3.8, 4) is 0 Å². The average molecular weight is 584 g/mol. The molecule has 0 aromatic heterocycles. The Morgan fingerprint density at radius 2 is 1.43 bits per heavy atom. The Hall–Kier alpha value is -0.500. The molecule has 3 heteroatoms. The summed E-state index contributed by atoms with van der Waals surface area (Å²) in [6, 6.07) is 21.5. The van der Waals surface area contributed by atoms with Gasteiger partial charge in [-0.15, -0.1) is 46.7 Å². The van der Waals surface area contributed by atoms with Gasteiger partial charge in [-0.05, 0) is 0 Å². The van der Waals surface area contributed by atoms with E-state index in [2.05, 4.69) is 102 Å². The number of fused-ring (bicyclic) bond motifs is 1. The van der Waals surface area contributed by atoms with Gasteiger partial charge in [-0.3, -0.25) is 0 Å². The third-order valence-electron chi connectivity index (χ3n) is 4.40. The number of rotatable bonds is 0. The fraction of sp³-hybridized carbons (Fsp3) is 0.400. The van der Waals surface area contributed by atoms with Gasteiger partial charge in [-0.1, -0.05) is 58.4 Å². The van der Waals surface area contributed by atoms with E-state index < -0.39 is 18.6 Å². The summed E-state index contributed by atoms with van der Waals surface area (Å²) in [7, 11) is 11.1. The Balaban J connectivity index is 0.000000229. The number of halogens is 2. The zero-order valence-corrected chi connectivity index (χ0v) is 23.6. The molecule has 0 aliphatic carbocycles. The van der Waals surface area contributed by atoms with Crippen molar-refractivity contribution in [2.24, 2.45) is 0 Å². The molecule has 0 nitrogen and oxygen atoms in total. The summed E-state index contributed by atoms with van der Waals surface area (Å²) in [5, 5.41) is 2.75. The quantitative estimate of drug-likeness (QED) is 0.183. The fourth-order valence-electron chi connectivity index (χ4n) is 2.68. The zero-order valence-electron chi connectivity index (χ0n) is 18.5. The first-order valence-electron chi connectivity index (χ1n) is 9.69. The molecule has 3 aromatic carbocycles. The van der Waals surface area contributed by atoms with Gasteiger partial charge < -0.3 is 0 Å². The fourth-order valence-corrected chi connectivity index (χ4v) is 2.68. The molecule has 0 aliphatic rings. The summed E-state index contributed by atoms with van der Waals surface area (Å²) in [5.41, 5.74) is 3.44. The van der Waals surface area contributed by atoms with Gasteiger partial charge in [0.05, 0.1) is 0 Å². The summed E-state index contributed by atoms with van der Waals surface area (Å²) in [4.78, 5) is 0. The number of hydrogen-bond acceptors (Lipinski definition) is 0. The van der Waals surface area contributed by atoms with E-state index in [0.29, 0.717) is 5.41 Å². The van der Waals surface area contributed by atoms with Crippen LogP contribution in [0.4, 0.5) is 0 Å². The van der Waals surface area contributed by atoms with Crippen LogP contribution in [0.25, 0.3) is 10.8 Å². The monoisotopic (exact) mass is 584 g/mol. The van der Waals surface area contributed by atoms with Crippen LogP contribution in [0.2, 0.25) is 0 Å². The molecule has 3 rings (SSSR count). The molecule has 0 unspecified atom stereocenters. The van der Waals surface area contributed by atoms with Crippen molar-refractivity contribution in [2.45, 2.75) is 66.2 Å². The van der Waals surface area contributed by atoms with Gasteiger partial charge in [0, 0.05) is 0 Å². The van der Waals surface area contributed by atoms with Crippen LogP contribution < -0.4 is 0 Å². The average Bonchev–Trinajstić information content (AvgIpc) is 3.25. The van der Waals surface area contributed by atoms with Crippen molar-refractivity contribution in [1.82, 2.24) is 0 Å². The molecule has 0 fully saturated rings. The Bertz CT molecular complexity index is 851. The van der Waals surface area contributed by atoms with Crippen LogP contribution in [0.3, 0.4) is 0 Å². The topological polar surface area (TPSA) is 0 Å². The summed E-state index contributed by atoms with van der Waals surface area (Å²) < 4.78 is 1.25. The second-order valence-electron chi connectivity index (χ2n) is 9.27. The van der Waals surface area contributed by atoms with Crippen LogP contribution in [0.15, 0.2) is 60.7 Å². The van der Waals surface area contributed by atoms with Crippen LogP contribution in [-0.2, 0) is 29.4 Å². The van der Waals surface area contributed by atoms with Crippen molar-refractivity contribution in [3.05, 3.63) is 71.8 Å². The molecule has 0 aliphatic heterocycles. The van der Waals surface area contributed by atoms with E-state index in [1.165, 1.54) is 25.2 Å². The summed E-state index contributed by atoms with van der Waals surface area (Å²) in [6.07, 6.45) is 0. The Kier molecular flexibility index (Phi) is 10.1. The van der Waals surface area contributed by atoms with Gasteiger partial charge in [0.25, 0.3) is 0 Å². The first-order chi connectivity index (χ1) is 12.8. The van der Waals surface area contributed by atoms with Gasteiger partial charge in [0.1, 0.15) is 0 Å². The molecule has 0 saturated carbocycles. The third-order valence-corrected chi connectivity index (χ3v) is 13.3. The SMILES string of the molecule is CC(C)(C)c1c[cH-]c2ccccc12.CC(C)(C)c1cc[cH-]c1.C[C](C)=[Hf]([Cl])[Cl]. The van der Waals surface area contributed by atoms with Crippen LogP contribution in [-0.4, -0.2) is 3.26 Å². The molecular weight excluding hydrogens is 550 g/mol. The number of benzene rings is 1. The normalized spacial score (nSPS) is 11.2. The predicted molar refractivity (Wildman–Crippen MR) is 127 cm³/mol. The minimum absolute atomic E-state index is 0.253. The van der Waals surface area contributed by atoms with Gasteiger partial charge in [-0.25, -0.2) is 6.07 Å². The molecule has 0 heterocycles. The van der Waals surface area contributed by atoms with E-state index in [1.807, 2.05) is 13.8 Å². The van der Waals surface area contributed by atoms with E-state index in [-0.39, 0.29) is 5.41 Å². The molecule has 154 valence electrons. The molecule has 0 N–H and O–H groups in total. The van der Waals surface area contributed by atoms with Crippen molar-refractivity contribution >= 4 is 31.2 Å². The molecule has 0 amide bonds. The second kappa shape index (κ2) is 11.0. The summed E-state index contributed by atoms with van der Waals surface area (Å²) in [5.74, 6) is 0. The Labute approximate surface area is 186 Å². The van der Waals surface area contributed by atoms with Gasteiger partial charge in [0.15, 0.2) is 0 Å². The molecule has 0 saturated heterocycles. The van der Waals surface area contributed by atoms with Gasteiger partial charge in [-0.2, -0.15) is 23.8 Å². The van der Waals surface area contributed by atoms with Crippen molar-refractivity contribution in [2.75, 3.05) is 0 Å². The van der Waals surface area contributed by atoms with E-state index >= 15 is 0 Å². The molecule has 0 bridgehead atoms. The van der Waals surface area contributed by atoms with Crippen molar-refractivity contribution < 1.29 is 18.6 Å². The maximum absolute atomic E-state index is 5.55. The summed E-state index contributed by atoms with van der Waals surface area (Å²) >= 11 is -1.97. The molecular formula is C25H34Cl2Hf-2. The van der Waals surface area contributed by atoms with Crippen LogP contribution in [0.1, 0.15) is 66.5 Å². The molecule has 0 spiro atoms. The van der Waals surface area contributed by atoms with E-state index in [4.69, 9.17) is 17.2 Å². The van der Waals surface area contributed by atoms with Crippen molar-refractivity contribution in [1.29, 1.82) is 0 Å². The van der Waals surface area contributed by atoms with Crippen LogP contribution >= 0.6 is 17.2 Å². The Morgan fingerprint density at radius 3 is 1.82 bits per heavy atom. The maximum atomic E-state index is 5.55. The number of hydrogen-bond donors (Lipinski definition) is 0. The predicted octanol–water partition coefficient (Wildman–Crippen LogP) is 8.68. The van der Waals surface area contributed by atoms with Gasteiger partial charge in [0.2, 0.25) is 0 Å². The second-order valence-corrected chi connectivity index (χ2v) is 22.5. The molecule has 0 radical (unpaired) electrons. The first kappa shape index (κ1) is 25.5. The van der Waals surface area contributed by atoms with E-state index in [0.717, 1.165) is 0 Å². The summed E-state index contributed by atoms with van der Waals surface area (Å²) in [6.45, 7) is 17.4. The van der Waals surface area contributed by atoms with E-state index in [9.17, 15) is 0 Å². The van der Waals surface area contributed by atoms with Gasteiger partial charge >= 0.3 is 52.8 Å². The Morgan fingerprint density at radius 1 is 0.857 bits per heavy atom. The van der Waals surface area contributed by atoms with Crippen LogP contribution in [0, 0.1) is 0 Å². The minimum atomic E-state index is -1.97. The first-order valence-corrected chi connectivity index (χ1v) is 20.4. The van der Waals surface area contributed by atoms with E-state index in [1.54, 1.807) is 0 Å². The third kappa shape index (κ3) is 8.47. The molecule has 28 heavy (non-hydrogen) atoms.